The molecule has 0 spiro atoms. The lowest BCUT2D eigenvalue weighted by Gasteiger charge is -2.38. The molecule has 0 aliphatic carbocycles. The molecule has 8 heteroatoms. The number of carbonyl (C=O) groups excluding carboxylic acids is 3. The number of piperidine rings is 1. The minimum atomic E-state index is -0.306. The van der Waals surface area contributed by atoms with Gasteiger partial charge < -0.3 is 10.6 Å². The first-order chi connectivity index (χ1) is 12.4. The second-order valence-electron chi connectivity index (χ2n) is 7.20. The number of amides is 3. The zero-order valence-electron chi connectivity index (χ0n) is 15.7. The number of nitrogens with zero attached hydrogens (tertiary/aromatic N) is 1. The van der Waals surface area contributed by atoms with Crippen LogP contribution in [0, 0.1) is 0 Å². The van der Waals surface area contributed by atoms with Gasteiger partial charge >= 0.3 is 0 Å². The van der Waals surface area contributed by atoms with Gasteiger partial charge in [0.15, 0.2) is 0 Å². The smallest absolute Gasteiger partial charge is 0.238 e. The summed E-state index contributed by atoms with van der Waals surface area (Å²) in [5.74, 6) is -0.814. The molecule has 0 radical (unpaired) electrons. The highest BCUT2D eigenvalue weighted by molar-refractivity contribution is 6.01. The summed E-state index contributed by atoms with van der Waals surface area (Å²) in [6.07, 6.45) is 0.880. The number of imide groups is 1. The first-order valence-corrected chi connectivity index (χ1v) is 9.14. The van der Waals surface area contributed by atoms with Crippen LogP contribution in [0.15, 0.2) is 24.3 Å². The zero-order valence-corrected chi connectivity index (χ0v) is 16.5. The Balaban J connectivity index is 0.00000261. The van der Waals surface area contributed by atoms with E-state index < -0.39 is 0 Å². The summed E-state index contributed by atoms with van der Waals surface area (Å²) in [4.78, 5) is 37.8. The molecule has 7 nitrogen and oxygen atoms in total. The standard InChI is InChI=1S/C19H26N4O3.ClH/c1-12-9-20-10-13(2)23(12)11-18(25)21-15-5-3-14(4-6-15)16-7-8-17(24)22-19(16)26;/h3-6,12-13,16,20H,7-11H2,1-2H3,(H,21,25)(H,22,24,26);1H/t12-,13+,16?;. The second-order valence-corrected chi connectivity index (χ2v) is 7.20. The van der Waals surface area contributed by atoms with Crippen molar-refractivity contribution >= 4 is 35.8 Å². The van der Waals surface area contributed by atoms with E-state index in [1.165, 1.54) is 0 Å². The fourth-order valence-electron chi connectivity index (χ4n) is 3.66. The maximum Gasteiger partial charge on any atom is 0.238 e. The minimum Gasteiger partial charge on any atom is -0.325 e. The van der Waals surface area contributed by atoms with Gasteiger partial charge in [-0.1, -0.05) is 12.1 Å². The number of carbonyl (C=O) groups is 3. The van der Waals surface area contributed by atoms with Gasteiger partial charge in [0.25, 0.3) is 0 Å². The summed E-state index contributed by atoms with van der Waals surface area (Å²) in [7, 11) is 0. The van der Waals surface area contributed by atoms with Crippen LogP contribution in [-0.2, 0) is 14.4 Å². The summed E-state index contributed by atoms with van der Waals surface area (Å²) in [6.45, 7) is 6.37. The molecule has 2 heterocycles. The van der Waals surface area contributed by atoms with Crippen molar-refractivity contribution in [2.24, 2.45) is 0 Å². The molecule has 1 aromatic rings. The van der Waals surface area contributed by atoms with Gasteiger partial charge in [0.2, 0.25) is 17.7 Å². The first kappa shape index (κ1) is 21.3. The molecule has 1 aromatic carbocycles. The van der Waals surface area contributed by atoms with Crippen molar-refractivity contribution in [1.29, 1.82) is 0 Å². The van der Waals surface area contributed by atoms with Crippen LogP contribution in [0.3, 0.4) is 0 Å². The average Bonchev–Trinajstić information content (AvgIpc) is 2.59. The molecule has 0 saturated carbocycles. The maximum atomic E-state index is 12.4. The van der Waals surface area contributed by atoms with E-state index in [9.17, 15) is 14.4 Å². The maximum absolute atomic E-state index is 12.4. The van der Waals surface area contributed by atoms with E-state index in [2.05, 4.69) is 34.7 Å². The van der Waals surface area contributed by atoms with Crippen molar-refractivity contribution in [3.8, 4) is 0 Å². The minimum absolute atomic E-state index is 0. The van der Waals surface area contributed by atoms with Gasteiger partial charge in [0, 0.05) is 37.3 Å². The Kier molecular flexibility index (Phi) is 7.35. The highest BCUT2D eigenvalue weighted by Crippen LogP contribution is 2.25. The molecule has 3 rings (SSSR count). The molecule has 0 bridgehead atoms. The van der Waals surface area contributed by atoms with Gasteiger partial charge in [-0.15, -0.1) is 12.4 Å². The molecule has 3 N–H and O–H groups in total. The van der Waals surface area contributed by atoms with Gasteiger partial charge in [0.05, 0.1) is 12.5 Å². The molecule has 0 aromatic heterocycles. The predicted octanol–water partition coefficient (Wildman–Crippen LogP) is 1.25. The largest absolute Gasteiger partial charge is 0.325 e. The SMILES string of the molecule is C[C@@H]1CNC[C@H](C)N1CC(=O)Nc1ccc(C2CCC(=O)NC2=O)cc1.Cl. The number of nitrogens with one attached hydrogen (secondary N) is 3. The van der Waals surface area contributed by atoms with Crippen LogP contribution in [-0.4, -0.2) is 54.3 Å². The van der Waals surface area contributed by atoms with E-state index in [4.69, 9.17) is 0 Å². The van der Waals surface area contributed by atoms with E-state index in [0.717, 1.165) is 18.7 Å². The molecule has 27 heavy (non-hydrogen) atoms. The zero-order chi connectivity index (χ0) is 18.7. The highest BCUT2D eigenvalue weighted by Gasteiger charge is 2.28. The van der Waals surface area contributed by atoms with Gasteiger partial charge in [-0.05, 0) is 38.0 Å². The number of rotatable bonds is 4. The van der Waals surface area contributed by atoms with E-state index in [1.807, 2.05) is 24.3 Å². The lowest BCUT2D eigenvalue weighted by atomic mass is 9.90. The summed E-state index contributed by atoms with van der Waals surface area (Å²) in [5, 5.41) is 8.65. The van der Waals surface area contributed by atoms with Crippen molar-refractivity contribution < 1.29 is 14.4 Å². The third-order valence-electron chi connectivity index (χ3n) is 5.17. The fraction of sp³-hybridized carbons (Fsp3) is 0.526. The molecule has 148 valence electrons. The van der Waals surface area contributed by atoms with Crippen molar-refractivity contribution in [2.45, 2.75) is 44.7 Å². The summed E-state index contributed by atoms with van der Waals surface area (Å²) in [5.41, 5.74) is 1.57. The molecule has 3 atom stereocenters. The highest BCUT2D eigenvalue weighted by atomic mass is 35.5. The third kappa shape index (κ3) is 5.28. The molecular weight excluding hydrogens is 368 g/mol. The Morgan fingerprint density at radius 2 is 1.78 bits per heavy atom. The fourth-order valence-corrected chi connectivity index (χ4v) is 3.66. The van der Waals surface area contributed by atoms with Gasteiger partial charge in [0.1, 0.15) is 0 Å². The Labute approximate surface area is 165 Å². The van der Waals surface area contributed by atoms with Crippen LogP contribution < -0.4 is 16.0 Å². The number of hydrogen-bond donors (Lipinski definition) is 3. The van der Waals surface area contributed by atoms with Crippen LogP contribution in [0.25, 0.3) is 0 Å². The lowest BCUT2D eigenvalue weighted by Crippen LogP contribution is -2.56. The van der Waals surface area contributed by atoms with E-state index in [-0.39, 0.29) is 36.0 Å². The number of piperazine rings is 1. The third-order valence-corrected chi connectivity index (χ3v) is 5.17. The van der Waals surface area contributed by atoms with Crippen molar-refractivity contribution in [3.05, 3.63) is 29.8 Å². The molecule has 1 unspecified atom stereocenters. The van der Waals surface area contributed by atoms with Crippen molar-refractivity contribution in [1.82, 2.24) is 15.5 Å². The van der Waals surface area contributed by atoms with Crippen molar-refractivity contribution in [3.63, 3.8) is 0 Å². The van der Waals surface area contributed by atoms with E-state index in [0.29, 0.717) is 37.2 Å². The normalized spacial score (nSPS) is 26.1. The summed E-state index contributed by atoms with van der Waals surface area (Å²) < 4.78 is 0. The van der Waals surface area contributed by atoms with Gasteiger partial charge in [-0.3, -0.25) is 24.6 Å². The summed E-state index contributed by atoms with van der Waals surface area (Å²) >= 11 is 0. The number of hydrogen-bond acceptors (Lipinski definition) is 5. The molecule has 2 saturated heterocycles. The van der Waals surface area contributed by atoms with Crippen LogP contribution in [0.2, 0.25) is 0 Å². The van der Waals surface area contributed by atoms with Gasteiger partial charge in [-0.25, -0.2) is 0 Å². The molecule has 2 aliphatic heterocycles. The Morgan fingerprint density at radius 1 is 1.15 bits per heavy atom. The lowest BCUT2D eigenvalue weighted by molar-refractivity contribution is -0.134. The average molecular weight is 395 g/mol. The van der Waals surface area contributed by atoms with Crippen LogP contribution in [0.4, 0.5) is 5.69 Å². The molecule has 3 amide bonds. The Hall–Kier alpha value is -1.96. The summed E-state index contributed by atoms with van der Waals surface area (Å²) in [6, 6.07) is 7.93. The monoisotopic (exact) mass is 394 g/mol. The quantitative estimate of drug-likeness (QED) is 0.669. The Morgan fingerprint density at radius 3 is 2.37 bits per heavy atom. The first-order valence-electron chi connectivity index (χ1n) is 9.14. The molecule has 2 aliphatic rings. The van der Waals surface area contributed by atoms with E-state index in [1.54, 1.807) is 0 Å². The number of halogens is 1. The van der Waals surface area contributed by atoms with Crippen LogP contribution >= 0.6 is 12.4 Å². The van der Waals surface area contributed by atoms with E-state index >= 15 is 0 Å². The van der Waals surface area contributed by atoms with Crippen LogP contribution in [0.5, 0.6) is 0 Å². The number of anilines is 1. The second kappa shape index (κ2) is 9.30. The van der Waals surface area contributed by atoms with Gasteiger partial charge in [-0.2, -0.15) is 0 Å². The number of benzene rings is 1. The Bertz CT molecular complexity index is 685. The topological polar surface area (TPSA) is 90.5 Å². The van der Waals surface area contributed by atoms with Crippen LogP contribution in [0.1, 0.15) is 38.2 Å². The molecule has 2 fully saturated rings. The molecular formula is C19H27ClN4O3. The predicted molar refractivity (Wildman–Crippen MR) is 106 cm³/mol. The van der Waals surface area contributed by atoms with Crippen molar-refractivity contribution in [2.75, 3.05) is 25.0 Å².